The maximum atomic E-state index is 11.8. The number of rotatable bonds is 20. The number of aliphatic carboxylic acids is 2. The third-order valence-corrected chi connectivity index (χ3v) is 5.21. The molecule has 2 atom stereocenters. The molecule has 2 unspecified atom stereocenters. The van der Waals surface area contributed by atoms with Gasteiger partial charge in [0.25, 0.3) is 0 Å². The Morgan fingerprint density at radius 2 is 1.25 bits per heavy atom. The number of aliphatic hydroxyl groups is 2. The Hall–Kier alpha value is 0.270. The number of Topliss-reactive ketones (excluding diaryl/α,β-unsaturated/α-hetero) is 1. The monoisotopic (exact) mass is 472 g/mol. The predicted molar refractivity (Wildman–Crippen MR) is 110 cm³/mol. The summed E-state index contributed by atoms with van der Waals surface area (Å²) in [7, 11) is 0. The molecule has 0 fully saturated rings. The van der Waals surface area contributed by atoms with E-state index < -0.39 is 35.8 Å². The van der Waals surface area contributed by atoms with Crippen molar-refractivity contribution in [1.82, 2.24) is 0 Å². The standard InChI is InChI=1S/C23H40O7.2Na/c1-2-3-4-5-6-7-8-9-10-11-12-13-14-15-16-17-19(24)18-23(30,22(28)29)20(25)21(26)27;;/h9-10,20,25,30H,2-8,11-18H2,1H3,(H,26,27)(H,28,29);;/q;2*+1/p-2/b10-9-;;. The zero-order valence-corrected chi connectivity index (χ0v) is 24.3. The fourth-order valence-electron chi connectivity index (χ4n) is 3.26. The second-order valence-electron chi connectivity index (χ2n) is 7.98. The van der Waals surface area contributed by atoms with Crippen LogP contribution in [0.1, 0.15) is 103 Å². The average molecular weight is 473 g/mol. The van der Waals surface area contributed by atoms with Crippen molar-refractivity contribution in [2.45, 2.75) is 115 Å². The van der Waals surface area contributed by atoms with Crippen molar-refractivity contribution in [1.29, 1.82) is 0 Å². The van der Waals surface area contributed by atoms with Crippen molar-refractivity contribution >= 4 is 17.7 Å². The molecule has 0 amide bonds. The van der Waals surface area contributed by atoms with Crippen LogP contribution in [0.25, 0.3) is 0 Å². The van der Waals surface area contributed by atoms with Crippen LogP contribution in [0.15, 0.2) is 12.2 Å². The van der Waals surface area contributed by atoms with Gasteiger partial charge in [-0.3, -0.25) is 4.79 Å². The van der Waals surface area contributed by atoms with Crippen LogP contribution in [0.5, 0.6) is 0 Å². The molecule has 0 saturated heterocycles. The first kappa shape index (κ1) is 36.8. The maximum Gasteiger partial charge on any atom is 1.00 e. The first-order chi connectivity index (χ1) is 14.3. The van der Waals surface area contributed by atoms with E-state index >= 15 is 0 Å². The van der Waals surface area contributed by atoms with Gasteiger partial charge in [0.05, 0.1) is 11.9 Å². The Kier molecular flexibility index (Phi) is 26.5. The molecule has 0 radical (unpaired) electrons. The van der Waals surface area contributed by atoms with E-state index in [1.54, 1.807) is 0 Å². The molecular formula is C23H38Na2O7. The van der Waals surface area contributed by atoms with Gasteiger partial charge in [0.2, 0.25) is 0 Å². The average Bonchev–Trinajstić information content (AvgIpc) is 2.69. The second-order valence-corrected chi connectivity index (χ2v) is 7.98. The van der Waals surface area contributed by atoms with Gasteiger partial charge < -0.3 is 30.0 Å². The van der Waals surface area contributed by atoms with Crippen molar-refractivity contribution in [2.75, 3.05) is 0 Å². The first-order valence-corrected chi connectivity index (χ1v) is 11.2. The molecule has 0 spiro atoms. The van der Waals surface area contributed by atoms with Crippen LogP contribution in [0, 0.1) is 0 Å². The molecule has 0 aliphatic heterocycles. The van der Waals surface area contributed by atoms with E-state index in [2.05, 4.69) is 19.1 Å². The van der Waals surface area contributed by atoms with Crippen LogP contribution in [-0.4, -0.2) is 39.6 Å². The van der Waals surface area contributed by atoms with Gasteiger partial charge in [0, 0.05) is 12.8 Å². The van der Waals surface area contributed by atoms with Crippen LogP contribution in [0.3, 0.4) is 0 Å². The molecule has 0 saturated carbocycles. The Labute approximate surface area is 237 Å². The summed E-state index contributed by atoms with van der Waals surface area (Å²) >= 11 is 0. The van der Waals surface area contributed by atoms with E-state index in [0.717, 1.165) is 38.5 Å². The fourth-order valence-corrected chi connectivity index (χ4v) is 3.26. The van der Waals surface area contributed by atoms with Gasteiger partial charge in [-0.05, 0) is 32.1 Å². The number of hydrogen-bond donors (Lipinski definition) is 2. The molecule has 174 valence electrons. The van der Waals surface area contributed by atoms with Gasteiger partial charge in [-0.2, -0.15) is 0 Å². The molecule has 0 bridgehead atoms. The Balaban J connectivity index is -0.00000420. The third-order valence-electron chi connectivity index (χ3n) is 5.21. The minimum Gasteiger partial charge on any atom is -0.547 e. The van der Waals surface area contributed by atoms with Gasteiger partial charge >= 0.3 is 59.1 Å². The number of allylic oxidation sites excluding steroid dienone is 2. The van der Waals surface area contributed by atoms with E-state index in [4.69, 9.17) is 0 Å². The molecule has 7 nitrogen and oxygen atoms in total. The van der Waals surface area contributed by atoms with Crippen molar-refractivity contribution in [2.24, 2.45) is 0 Å². The summed E-state index contributed by atoms with van der Waals surface area (Å²) in [6.45, 7) is 2.22. The molecule has 0 aromatic carbocycles. The number of aliphatic hydroxyl groups excluding tert-OH is 1. The molecule has 0 aliphatic rings. The number of carboxylic acid groups (broad SMARTS) is 2. The molecule has 0 aliphatic carbocycles. The van der Waals surface area contributed by atoms with Crippen LogP contribution >= 0.6 is 0 Å². The zero-order valence-electron chi connectivity index (χ0n) is 20.3. The summed E-state index contributed by atoms with van der Waals surface area (Å²) in [6.07, 6.45) is 15.1. The van der Waals surface area contributed by atoms with E-state index in [9.17, 15) is 34.8 Å². The van der Waals surface area contributed by atoms with Crippen LogP contribution in [-0.2, 0) is 14.4 Å². The summed E-state index contributed by atoms with van der Waals surface area (Å²) in [4.78, 5) is 33.4. The Bertz CT molecular complexity index is 540. The number of ketones is 1. The number of hydrogen-bond acceptors (Lipinski definition) is 7. The number of unbranched alkanes of at least 4 members (excludes halogenated alkanes) is 11. The molecule has 32 heavy (non-hydrogen) atoms. The zero-order chi connectivity index (χ0) is 22.8. The topological polar surface area (TPSA) is 138 Å². The van der Waals surface area contributed by atoms with Gasteiger partial charge in [-0.1, -0.05) is 70.4 Å². The predicted octanol–water partition coefficient (Wildman–Crippen LogP) is -4.42. The quantitative estimate of drug-likeness (QED) is 0.104. The maximum absolute atomic E-state index is 11.8. The first-order valence-electron chi connectivity index (χ1n) is 11.2. The van der Waals surface area contributed by atoms with Crippen LogP contribution < -0.4 is 69.3 Å². The van der Waals surface area contributed by atoms with Crippen LogP contribution in [0.4, 0.5) is 0 Å². The molecule has 2 N–H and O–H groups in total. The molecule has 0 aromatic heterocycles. The van der Waals surface area contributed by atoms with E-state index in [0.29, 0.717) is 6.42 Å². The number of carboxylic acids is 2. The summed E-state index contributed by atoms with van der Waals surface area (Å²) < 4.78 is 0. The van der Waals surface area contributed by atoms with Gasteiger partial charge in [-0.25, -0.2) is 0 Å². The van der Waals surface area contributed by atoms with Crippen molar-refractivity contribution in [3.63, 3.8) is 0 Å². The third kappa shape index (κ3) is 17.7. The van der Waals surface area contributed by atoms with E-state index in [1.807, 2.05) is 0 Å². The van der Waals surface area contributed by atoms with Gasteiger partial charge in [0.15, 0.2) is 0 Å². The Morgan fingerprint density at radius 1 is 0.812 bits per heavy atom. The van der Waals surface area contributed by atoms with Crippen molar-refractivity contribution in [3.8, 4) is 0 Å². The molecule has 0 rings (SSSR count). The number of carbonyl (C=O) groups is 3. The normalized spacial score (nSPS) is 13.6. The summed E-state index contributed by atoms with van der Waals surface area (Å²) in [5.41, 5.74) is -3.17. The van der Waals surface area contributed by atoms with E-state index in [-0.39, 0.29) is 65.5 Å². The minimum absolute atomic E-state index is 0. The van der Waals surface area contributed by atoms with Crippen molar-refractivity contribution in [3.05, 3.63) is 12.2 Å². The van der Waals surface area contributed by atoms with Crippen LogP contribution in [0.2, 0.25) is 0 Å². The SMILES string of the molecule is CCCCCCCC/C=C\CCCCCCCC(=O)CC(O)(C(=O)[O-])C(O)C(=O)[O-].[Na+].[Na+]. The summed E-state index contributed by atoms with van der Waals surface area (Å²) in [5, 5.41) is 40.6. The minimum atomic E-state index is -3.17. The summed E-state index contributed by atoms with van der Waals surface area (Å²) in [5.74, 6) is -5.02. The molecule has 0 heterocycles. The summed E-state index contributed by atoms with van der Waals surface area (Å²) in [6, 6.07) is 0. The Morgan fingerprint density at radius 3 is 1.69 bits per heavy atom. The van der Waals surface area contributed by atoms with Gasteiger partial charge in [0.1, 0.15) is 17.5 Å². The number of carbonyl (C=O) groups excluding carboxylic acids is 3. The fraction of sp³-hybridized carbons (Fsp3) is 0.783. The molecule has 0 aromatic rings. The van der Waals surface area contributed by atoms with Gasteiger partial charge in [-0.15, -0.1) is 0 Å². The molecule has 9 heteroatoms. The smallest absolute Gasteiger partial charge is 0.547 e. The second kappa shape index (κ2) is 23.0. The van der Waals surface area contributed by atoms with Crippen molar-refractivity contribution < 1.29 is 93.9 Å². The van der Waals surface area contributed by atoms with E-state index in [1.165, 1.54) is 38.5 Å². The largest absolute Gasteiger partial charge is 1.00 e. The molecular weight excluding hydrogens is 434 g/mol.